The number of guanidine groups is 1. The van der Waals surface area contributed by atoms with E-state index >= 15 is 0 Å². The van der Waals surface area contributed by atoms with Crippen molar-refractivity contribution in [2.45, 2.75) is 19.4 Å². The molecule has 8 heteroatoms. The van der Waals surface area contributed by atoms with Gasteiger partial charge < -0.3 is 21.1 Å². The molecular formula is C21H28BrIN4O2. The Balaban J connectivity index is 0.00000420. The number of aliphatic hydroxyl groups excluding tert-OH is 1. The lowest BCUT2D eigenvalue weighted by Gasteiger charge is -2.13. The third-order valence-electron chi connectivity index (χ3n) is 3.99. The first-order valence-electron chi connectivity index (χ1n) is 9.39. The molecule has 2 aromatic carbocycles. The van der Waals surface area contributed by atoms with Gasteiger partial charge in [-0.1, -0.05) is 52.3 Å². The summed E-state index contributed by atoms with van der Waals surface area (Å²) in [6.45, 7) is 4.24. The Morgan fingerprint density at radius 1 is 1.07 bits per heavy atom. The highest BCUT2D eigenvalue weighted by molar-refractivity contribution is 14.0. The number of benzene rings is 2. The standard InChI is InChI=1S/C21H27BrN4O2.HI/c1-2-23-21(25-12-11-19(27)16-7-4-3-5-8-16)26-14-13-24-20(28)17-9-6-10-18(22)15-17;/h3-10,15,19,27H,2,11-14H2,1H3,(H,24,28)(H2,23,25,26);1H. The van der Waals surface area contributed by atoms with E-state index in [1.807, 2.05) is 49.4 Å². The number of aliphatic hydroxyl groups is 1. The molecule has 0 bridgehead atoms. The van der Waals surface area contributed by atoms with Crippen molar-refractivity contribution in [1.82, 2.24) is 16.0 Å². The number of rotatable bonds is 9. The maximum Gasteiger partial charge on any atom is 0.251 e. The van der Waals surface area contributed by atoms with Gasteiger partial charge in [0.1, 0.15) is 0 Å². The van der Waals surface area contributed by atoms with E-state index in [4.69, 9.17) is 0 Å². The molecule has 4 N–H and O–H groups in total. The first kappa shape index (κ1) is 25.4. The van der Waals surface area contributed by atoms with Gasteiger partial charge in [0.15, 0.2) is 5.96 Å². The largest absolute Gasteiger partial charge is 0.388 e. The summed E-state index contributed by atoms with van der Waals surface area (Å²) in [6, 6.07) is 16.8. The molecule has 0 aliphatic rings. The van der Waals surface area contributed by atoms with Crippen molar-refractivity contribution < 1.29 is 9.90 Å². The molecule has 0 fully saturated rings. The molecule has 0 aromatic heterocycles. The Hall–Kier alpha value is -1.65. The number of hydrogen-bond acceptors (Lipinski definition) is 3. The predicted molar refractivity (Wildman–Crippen MR) is 132 cm³/mol. The third-order valence-corrected chi connectivity index (χ3v) is 4.48. The Morgan fingerprint density at radius 2 is 1.79 bits per heavy atom. The average Bonchev–Trinajstić information content (AvgIpc) is 2.71. The summed E-state index contributed by atoms with van der Waals surface area (Å²) >= 11 is 3.36. The highest BCUT2D eigenvalue weighted by Crippen LogP contribution is 2.15. The summed E-state index contributed by atoms with van der Waals surface area (Å²) in [5, 5.41) is 19.4. The number of carbonyl (C=O) groups is 1. The van der Waals surface area contributed by atoms with Crippen molar-refractivity contribution in [3.8, 4) is 0 Å². The second kappa shape index (κ2) is 14.4. The number of nitrogens with zero attached hydrogens (tertiary/aromatic N) is 1. The van der Waals surface area contributed by atoms with Crippen molar-refractivity contribution in [3.05, 3.63) is 70.2 Å². The highest BCUT2D eigenvalue weighted by atomic mass is 127. The quantitative estimate of drug-likeness (QED) is 0.160. The van der Waals surface area contributed by atoms with Crippen molar-refractivity contribution in [3.63, 3.8) is 0 Å². The molecule has 2 rings (SSSR count). The van der Waals surface area contributed by atoms with E-state index < -0.39 is 6.10 Å². The summed E-state index contributed by atoms with van der Waals surface area (Å²) in [5.74, 6) is 0.551. The van der Waals surface area contributed by atoms with Crippen LogP contribution in [-0.2, 0) is 0 Å². The Morgan fingerprint density at radius 3 is 2.48 bits per heavy atom. The maximum absolute atomic E-state index is 12.1. The van der Waals surface area contributed by atoms with Crippen LogP contribution in [0.4, 0.5) is 0 Å². The van der Waals surface area contributed by atoms with E-state index in [2.05, 4.69) is 36.9 Å². The van der Waals surface area contributed by atoms with Crippen LogP contribution in [0.3, 0.4) is 0 Å². The highest BCUT2D eigenvalue weighted by Gasteiger charge is 2.07. The van der Waals surface area contributed by atoms with Gasteiger partial charge in [0.25, 0.3) is 5.91 Å². The molecule has 0 aliphatic heterocycles. The van der Waals surface area contributed by atoms with Crippen molar-refractivity contribution in [2.75, 3.05) is 26.2 Å². The number of aliphatic imine (C=N–C) groups is 1. The average molecular weight is 575 g/mol. The van der Waals surface area contributed by atoms with E-state index in [-0.39, 0.29) is 29.9 Å². The van der Waals surface area contributed by atoms with Gasteiger partial charge in [-0.05, 0) is 37.1 Å². The van der Waals surface area contributed by atoms with Crippen molar-refractivity contribution in [1.29, 1.82) is 0 Å². The number of hydrogen-bond donors (Lipinski definition) is 4. The molecule has 6 nitrogen and oxygen atoms in total. The molecule has 0 spiro atoms. The van der Waals surface area contributed by atoms with E-state index in [1.54, 1.807) is 12.1 Å². The molecule has 0 saturated heterocycles. The van der Waals surface area contributed by atoms with E-state index in [9.17, 15) is 9.90 Å². The Bertz CT molecular complexity index is 774. The van der Waals surface area contributed by atoms with Gasteiger partial charge in [0.2, 0.25) is 0 Å². The van der Waals surface area contributed by atoms with Crippen LogP contribution in [0.1, 0.15) is 35.4 Å². The number of carbonyl (C=O) groups excluding carboxylic acids is 1. The van der Waals surface area contributed by atoms with Crippen LogP contribution in [0.15, 0.2) is 64.1 Å². The van der Waals surface area contributed by atoms with Crippen LogP contribution >= 0.6 is 39.9 Å². The summed E-state index contributed by atoms with van der Waals surface area (Å²) in [7, 11) is 0. The van der Waals surface area contributed by atoms with Gasteiger partial charge in [-0.2, -0.15) is 0 Å². The van der Waals surface area contributed by atoms with Crippen molar-refractivity contribution in [2.24, 2.45) is 4.99 Å². The zero-order chi connectivity index (χ0) is 20.2. The molecule has 1 atom stereocenters. The van der Waals surface area contributed by atoms with Crippen LogP contribution in [0.25, 0.3) is 0 Å². The molecule has 158 valence electrons. The van der Waals surface area contributed by atoms with Crippen LogP contribution in [0, 0.1) is 0 Å². The second-order valence-electron chi connectivity index (χ2n) is 6.17. The lowest BCUT2D eigenvalue weighted by molar-refractivity contribution is 0.0954. The van der Waals surface area contributed by atoms with Gasteiger partial charge in [-0.15, -0.1) is 24.0 Å². The first-order chi connectivity index (χ1) is 13.6. The van der Waals surface area contributed by atoms with Crippen LogP contribution in [-0.4, -0.2) is 43.2 Å². The zero-order valence-electron chi connectivity index (χ0n) is 16.4. The Kier molecular flexibility index (Phi) is 12.6. The van der Waals surface area contributed by atoms with E-state index in [0.29, 0.717) is 37.6 Å². The van der Waals surface area contributed by atoms with Crippen LogP contribution < -0.4 is 16.0 Å². The fourth-order valence-corrected chi connectivity index (χ4v) is 2.97. The molecular weight excluding hydrogens is 547 g/mol. The molecule has 29 heavy (non-hydrogen) atoms. The van der Waals surface area contributed by atoms with Crippen molar-refractivity contribution >= 4 is 51.8 Å². The smallest absolute Gasteiger partial charge is 0.251 e. The summed E-state index contributed by atoms with van der Waals surface area (Å²) in [4.78, 5) is 16.6. The fraction of sp³-hybridized carbons (Fsp3) is 0.333. The topological polar surface area (TPSA) is 85.8 Å². The minimum absolute atomic E-state index is 0. The normalized spacial score (nSPS) is 11.9. The first-order valence-corrected chi connectivity index (χ1v) is 10.2. The summed E-state index contributed by atoms with van der Waals surface area (Å²) < 4.78 is 0.873. The second-order valence-corrected chi connectivity index (χ2v) is 7.08. The van der Waals surface area contributed by atoms with E-state index in [1.165, 1.54) is 0 Å². The van der Waals surface area contributed by atoms with Gasteiger partial charge in [-0.3, -0.25) is 9.79 Å². The van der Waals surface area contributed by atoms with E-state index in [0.717, 1.165) is 16.6 Å². The SMILES string of the molecule is CCNC(=NCCC(O)c1ccccc1)NCCNC(=O)c1cccc(Br)c1.I. The molecule has 0 heterocycles. The molecule has 2 aromatic rings. The van der Waals surface area contributed by atoms with Crippen LogP contribution in [0.5, 0.6) is 0 Å². The minimum Gasteiger partial charge on any atom is -0.388 e. The number of amides is 1. The number of nitrogens with one attached hydrogen (secondary N) is 3. The predicted octanol–water partition coefficient (Wildman–Crippen LogP) is 3.48. The monoisotopic (exact) mass is 574 g/mol. The fourth-order valence-electron chi connectivity index (χ4n) is 2.57. The van der Waals surface area contributed by atoms with Gasteiger partial charge in [-0.25, -0.2) is 0 Å². The summed E-state index contributed by atoms with van der Waals surface area (Å²) in [5.41, 5.74) is 1.51. The summed E-state index contributed by atoms with van der Waals surface area (Å²) in [6.07, 6.45) is 0.0116. The molecule has 0 radical (unpaired) electrons. The minimum atomic E-state index is -0.530. The van der Waals surface area contributed by atoms with Gasteiger partial charge in [0.05, 0.1) is 6.10 Å². The zero-order valence-corrected chi connectivity index (χ0v) is 20.3. The molecule has 1 amide bonds. The number of halogens is 2. The van der Waals surface area contributed by atoms with Crippen LogP contribution in [0.2, 0.25) is 0 Å². The molecule has 0 aliphatic carbocycles. The Labute approximate surface area is 197 Å². The van der Waals surface area contributed by atoms with Gasteiger partial charge in [0, 0.05) is 36.2 Å². The lowest BCUT2D eigenvalue weighted by atomic mass is 10.1. The molecule has 1 unspecified atom stereocenters. The van der Waals surface area contributed by atoms with Gasteiger partial charge >= 0.3 is 0 Å². The molecule has 0 saturated carbocycles. The third kappa shape index (κ3) is 9.60. The maximum atomic E-state index is 12.1. The lowest BCUT2D eigenvalue weighted by Crippen LogP contribution is -2.41.